The van der Waals surface area contributed by atoms with Crippen molar-refractivity contribution in [3.05, 3.63) is 150 Å². The molecule has 8 fully saturated rings. The van der Waals surface area contributed by atoms with Crippen molar-refractivity contribution in [1.29, 1.82) is 0 Å². The Morgan fingerprint density at radius 1 is 0.400 bits per heavy atom. The first-order valence-electron chi connectivity index (χ1n) is 23.9. The predicted octanol–water partition coefficient (Wildman–Crippen LogP) is 15.7. The van der Waals surface area contributed by atoms with E-state index < -0.39 is 0 Å². The van der Waals surface area contributed by atoms with Gasteiger partial charge in [0.05, 0.1) is 5.69 Å². The largest absolute Gasteiger partial charge is 0.310 e. The van der Waals surface area contributed by atoms with Crippen molar-refractivity contribution in [3.63, 3.8) is 0 Å². The second-order valence-electron chi connectivity index (χ2n) is 21.2. The molecule has 8 saturated carbocycles. The fraction of sp³-hybridized carbons (Fsp3) is 0.379. The van der Waals surface area contributed by atoms with Crippen LogP contribution in [0.2, 0.25) is 0 Å². The van der Waals surface area contributed by atoms with Crippen molar-refractivity contribution in [2.24, 2.45) is 47.3 Å². The minimum Gasteiger partial charge on any atom is -0.310 e. The van der Waals surface area contributed by atoms with Gasteiger partial charge in [0.15, 0.2) is 0 Å². The SMILES string of the molecule is c1ccc2c(c1)-c1ccc(N(c3ccc4sc5ccccc5c4c3)c3cccc4c3-c3ccccc3C43C4CCC5CC(C4)CC3C5)cc1C21C2CCC3CC(C2)CC1C3. The molecule has 7 aromatic rings. The lowest BCUT2D eigenvalue weighted by atomic mass is 9.50. The summed E-state index contributed by atoms with van der Waals surface area (Å²) in [5.41, 5.74) is 16.9. The molecule has 0 N–H and O–H groups in total. The molecule has 0 amide bonds. The highest BCUT2D eigenvalue weighted by Crippen LogP contribution is 2.70. The van der Waals surface area contributed by atoms with Crippen molar-refractivity contribution in [1.82, 2.24) is 0 Å². The van der Waals surface area contributed by atoms with Gasteiger partial charge in [0.1, 0.15) is 0 Å². The average molecular weight is 796 g/mol. The van der Waals surface area contributed by atoms with Crippen LogP contribution in [-0.2, 0) is 10.8 Å². The molecule has 0 radical (unpaired) electrons. The molecule has 17 rings (SSSR count). The van der Waals surface area contributed by atoms with Crippen LogP contribution in [-0.4, -0.2) is 0 Å². The highest BCUT2D eigenvalue weighted by molar-refractivity contribution is 7.25. The molecule has 10 aliphatic carbocycles. The summed E-state index contributed by atoms with van der Waals surface area (Å²) >= 11 is 1.93. The molecular weight excluding hydrogens is 743 g/mol. The Morgan fingerprint density at radius 2 is 0.967 bits per heavy atom. The lowest BCUT2D eigenvalue weighted by Gasteiger charge is -2.53. The van der Waals surface area contributed by atoms with Gasteiger partial charge in [-0.05, 0) is 193 Å². The van der Waals surface area contributed by atoms with Gasteiger partial charge < -0.3 is 4.90 Å². The van der Waals surface area contributed by atoms with E-state index in [1.807, 2.05) is 11.3 Å². The Morgan fingerprint density at radius 3 is 1.75 bits per heavy atom. The maximum atomic E-state index is 2.75. The normalized spacial score (nSPS) is 33.3. The Balaban J connectivity index is 0.999. The Bertz CT molecular complexity index is 2930. The molecule has 0 aliphatic heterocycles. The fourth-order valence-electron chi connectivity index (χ4n) is 17.2. The maximum Gasteiger partial charge on any atom is 0.0543 e. The maximum absolute atomic E-state index is 2.75. The minimum absolute atomic E-state index is 0.112. The van der Waals surface area contributed by atoms with Crippen LogP contribution in [0.15, 0.2) is 127 Å². The van der Waals surface area contributed by atoms with E-state index in [2.05, 4.69) is 132 Å². The first kappa shape index (κ1) is 34.0. The van der Waals surface area contributed by atoms with E-state index in [0.29, 0.717) is 0 Å². The number of fused-ring (bicyclic) bond motifs is 11. The number of anilines is 3. The summed E-state index contributed by atoms with van der Waals surface area (Å²) < 4.78 is 2.75. The van der Waals surface area contributed by atoms with Gasteiger partial charge in [0, 0.05) is 47.9 Å². The standard InChI is InChI=1S/C58H53NS/c1-4-11-49-44(8-1)45-22-20-43(33-52(45)58(49)39-19-17-35-25-37(29-39)31-41(58)27-35)59(42-21-23-55-48(32-42)46-9-3-6-15-54(46)60-55)53-14-7-13-51-56(53)47-10-2-5-12-50(47)57(51)38-18-16-34-24-36(28-38)30-40(57)26-34/h1-15,20-23,32-41H,16-19,24-31H2. The molecule has 10 aliphatic rings. The molecular formula is C58H53NS. The van der Waals surface area contributed by atoms with Crippen LogP contribution in [0.25, 0.3) is 42.4 Å². The lowest BCUT2D eigenvalue weighted by Crippen LogP contribution is -2.48. The van der Waals surface area contributed by atoms with Gasteiger partial charge in [-0.25, -0.2) is 0 Å². The quantitative estimate of drug-likeness (QED) is 0.172. The number of thiophene rings is 1. The number of hydrogen-bond acceptors (Lipinski definition) is 2. The van der Waals surface area contributed by atoms with Gasteiger partial charge in [-0.1, -0.05) is 97.8 Å². The van der Waals surface area contributed by atoms with E-state index in [1.165, 1.54) is 137 Å². The van der Waals surface area contributed by atoms with E-state index in [-0.39, 0.29) is 10.8 Å². The summed E-state index contributed by atoms with van der Waals surface area (Å²) in [7, 11) is 0. The number of benzene rings is 6. The average Bonchev–Trinajstić information content (AvgIpc) is 3.76. The molecule has 6 aromatic carbocycles. The molecule has 2 spiro atoms. The molecule has 1 heterocycles. The van der Waals surface area contributed by atoms with E-state index in [0.717, 1.165) is 47.3 Å². The van der Waals surface area contributed by atoms with Gasteiger partial charge in [-0.3, -0.25) is 0 Å². The van der Waals surface area contributed by atoms with Crippen LogP contribution in [0.3, 0.4) is 0 Å². The topological polar surface area (TPSA) is 3.24 Å². The summed E-state index contributed by atoms with van der Waals surface area (Å²) in [6.07, 6.45) is 17.1. The molecule has 2 heteroatoms. The zero-order valence-electron chi connectivity index (χ0n) is 34.6. The van der Waals surface area contributed by atoms with Crippen LogP contribution in [0.1, 0.15) is 99.3 Å². The molecule has 1 aromatic heterocycles. The smallest absolute Gasteiger partial charge is 0.0543 e. The summed E-state index contributed by atoms with van der Waals surface area (Å²) in [5.74, 6) is 6.59. The Labute approximate surface area is 358 Å². The van der Waals surface area contributed by atoms with E-state index >= 15 is 0 Å². The Kier molecular flexibility index (Phi) is 6.82. The minimum atomic E-state index is 0.112. The van der Waals surface area contributed by atoms with Crippen LogP contribution >= 0.6 is 11.3 Å². The van der Waals surface area contributed by atoms with Crippen molar-refractivity contribution >= 4 is 48.6 Å². The van der Waals surface area contributed by atoms with Gasteiger partial charge >= 0.3 is 0 Å². The summed E-state index contributed by atoms with van der Waals surface area (Å²) in [6, 6.07) is 51.3. The van der Waals surface area contributed by atoms with Crippen molar-refractivity contribution in [2.75, 3.05) is 4.90 Å². The van der Waals surface area contributed by atoms with Crippen molar-refractivity contribution < 1.29 is 0 Å². The van der Waals surface area contributed by atoms with E-state index in [1.54, 1.807) is 22.3 Å². The third kappa shape index (κ3) is 4.21. The number of hydrogen-bond donors (Lipinski definition) is 0. The van der Waals surface area contributed by atoms with Gasteiger partial charge in [0.2, 0.25) is 0 Å². The van der Waals surface area contributed by atoms with Crippen LogP contribution in [0.4, 0.5) is 17.1 Å². The molecule has 1 nitrogen and oxygen atoms in total. The van der Waals surface area contributed by atoms with Crippen molar-refractivity contribution in [2.45, 2.75) is 87.9 Å². The van der Waals surface area contributed by atoms with Gasteiger partial charge in [-0.15, -0.1) is 11.3 Å². The van der Waals surface area contributed by atoms with Crippen LogP contribution in [0, 0.1) is 47.3 Å². The Hall–Kier alpha value is -4.66. The highest BCUT2D eigenvalue weighted by atomic mass is 32.1. The molecule has 296 valence electrons. The zero-order chi connectivity index (χ0) is 38.9. The molecule has 10 unspecified atom stereocenters. The summed E-state index contributed by atoms with van der Waals surface area (Å²) in [4.78, 5) is 2.74. The van der Waals surface area contributed by atoms with Crippen molar-refractivity contribution in [3.8, 4) is 22.3 Å². The molecule has 10 atom stereocenters. The molecule has 60 heavy (non-hydrogen) atoms. The molecule has 0 saturated heterocycles. The van der Waals surface area contributed by atoms with Gasteiger partial charge in [-0.2, -0.15) is 0 Å². The second kappa shape index (κ2) is 12.0. The van der Waals surface area contributed by atoms with E-state index in [4.69, 9.17) is 0 Å². The van der Waals surface area contributed by atoms with Crippen LogP contribution < -0.4 is 4.90 Å². The molecule has 8 bridgehead atoms. The lowest BCUT2D eigenvalue weighted by molar-refractivity contribution is 0.0618. The highest BCUT2D eigenvalue weighted by Gasteiger charge is 2.61. The second-order valence-corrected chi connectivity index (χ2v) is 22.2. The predicted molar refractivity (Wildman–Crippen MR) is 250 cm³/mol. The van der Waals surface area contributed by atoms with E-state index in [9.17, 15) is 0 Å². The van der Waals surface area contributed by atoms with Gasteiger partial charge in [0.25, 0.3) is 0 Å². The fourth-order valence-corrected chi connectivity index (χ4v) is 18.3. The third-order valence-electron chi connectivity index (χ3n) is 18.8. The number of nitrogens with zero attached hydrogens (tertiary/aromatic N) is 1. The first-order valence-corrected chi connectivity index (χ1v) is 24.7. The monoisotopic (exact) mass is 795 g/mol. The first-order chi connectivity index (χ1) is 29.7. The number of rotatable bonds is 3. The summed E-state index contributed by atoms with van der Waals surface area (Å²) in [6.45, 7) is 0. The summed E-state index contributed by atoms with van der Waals surface area (Å²) in [5, 5.41) is 2.75. The third-order valence-corrected chi connectivity index (χ3v) is 20.0. The zero-order valence-corrected chi connectivity index (χ0v) is 35.4. The van der Waals surface area contributed by atoms with Crippen LogP contribution in [0.5, 0.6) is 0 Å².